The van der Waals surface area contributed by atoms with Gasteiger partial charge in [-0.25, -0.2) is 0 Å². The molecule has 0 saturated carbocycles. The quantitative estimate of drug-likeness (QED) is 0.825. The molecule has 0 aliphatic heterocycles. The first-order chi connectivity index (χ1) is 7.47. The van der Waals surface area contributed by atoms with E-state index in [2.05, 4.69) is 46.8 Å². The largest absolute Gasteiger partial charge is 0.330 e. The third-order valence-corrected chi connectivity index (χ3v) is 3.90. The van der Waals surface area contributed by atoms with Gasteiger partial charge in [-0.3, -0.25) is 0 Å². The van der Waals surface area contributed by atoms with E-state index in [1.807, 2.05) is 0 Å². The number of rotatable bonds is 4. The van der Waals surface area contributed by atoms with Gasteiger partial charge in [-0.05, 0) is 67.8 Å². The van der Waals surface area contributed by atoms with E-state index in [1.54, 1.807) is 0 Å². The molecule has 2 N–H and O–H groups in total. The second kappa shape index (κ2) is 5.49. The highest BCUT2D eigenvalue weighted by atomic mass is 14.5. The van der Waals surface area contributed by atoms with Crippen LogP contribution in [0.25, 0.3) is 0 Å². The summed E-state index contributed by atoms with van der Waals surface area (Å²) < 4.78 is 0. The molecule has 1 atom stereocenters. The zero-order valence-corrected chi connectivity index (χ0v) is 11.3. The molecule has 0 fully saturated rings. The van der Waals surface area contributed by atoms with Crippen LogP contribution >= 0.6 is 0 Å². The van der Waals surface area contributed by atoms with Crippen molar-refractivity contribution in [2.75, 3.05) is 6.54 Å². The molecule has 0 saturated heterocycles. The van der Waals surface area contributed by atoms with Crippen LogP contribution in [0.1, 0.15) is 36.1 Å². The molecular weight excluding hydrogens is 194 g/mol. The average Bonchev–Trinajstić information content (AvgIpc) is 2.25. The lowest BCUT2D eigenvalue weighted by atomic mass is 9.86. The summed E-state index contributed by atoms with van der Waals surface area (Å²) in [7, 11) is 0. The lowest BCUT2D eigenvalue weighted by molar-refractivity contribution is 0.391. The minimum absolute atomic E-state index is 0.598. The fraction of sp³-hybridized carbons (Fsp3) is 0.600. The first-order valence-corrected chi connectivity index (χ1v) is 6.23. The smallest absolute Gasteiger partial charge is 0.00432 e. The number of hydrogen-bond acceptors (Lipinski definition) is 1. The van der Waals surface area contributed by atoms with Crippen LogP contribution in [0, 0.1) is 32.6 Å². The highest BCUT2D eigenvalue weighted by molar-refractivity contribution is 5.38. The summed E-state index contributed by atoms with van der Waals surface area (Å²) in [5.41, 5.74) is 11.6. The van der Waals surface area contributed by atoms with Crippen molar-refractivity contribution < 1.29 is 0 Å². The molecule has 1 unspecified atom stereocenters. The predicted molar refractivity (Wildman–Crippen MR) is 71.7 cm³/mol. The summed E-state index contributed by atoms with van der Waals surface area (Å²) in [4.78, 5) is 0. The van der Waals surface area contributed by atoms with Crippen LogP contribution in [-0.2, 0) is 6.42 Å². The molecule has 0 bridgehead atoms. The Morgan fingerprint density at radius 1 is 1.06 bits per heavy atom. The van der Waals surface area contributed by atoms with Crippen molar-refractivity contribution in [3.05, 3.63) is 34.4 Å². The third kappa shape index (κ3) is 2.85. The van der Waals surface area contributed by atoms with Gasteiger partial charge in [0.1, 0.15) is 0 Å². The second-order valence-corrected chi connectivity index (χ2v) is 5.24. The maximum Gasteiger partial charge on any atom is -0.00432 e. The van der Waals surface area contributed by atoms with Crippen LogP contribution in [0.15, 0.2) is 12.1 Å². The maximum absolute atomic E-state index is 5.84. The van der Waals surface area contributed by atoms with Crippen molar-refractivity contribution in [3.8, 4) is 0 Å². The number of aryl methyl sites for hydroxylation is 1. The Balaban J connectivity index is 2.93. The Labute approximate surface area is 100 Å². The standard InChI is InChI=1S/C15H25N/c1-10(2)15(9-16)8-14-7-6-11(3)12(4)13(14)5/h6-7,10,15H,8-9,16H2,1-5H3. The highest BCUT2D eigenvalue weighted by Gasteiger charge is 2.14. The monoisotopic (exact) mass is 219 g/mol. The molecule has 1 nitrogen and oxygen atoms in total. The molecule has 90 valence electrons. The molecule has 0 aromatic heterocycles. The molecule has 0 heterocycles. The Morgan fingerprint density at radius 2 is 1.69 bits per heavy atom. The molecule has 0 aliphatic carbocycles. The van der Waals surface area contributed by atoms with Crippen LogP contribution in [-0.4, -0.2) is 6.54 Å². The van der Waals surface area contributed by atoms with Gasteiger partial charge in [0, 0.05) is 0 Å². The summed E-state index contributed by atoms with van der Waals surface area (Å²) in [5.74, 6) is 1.26. The maximum atomic E-state index is 5.84. The van der Waals surface area contributed by atoms with Gasteiger partial charge in [0.15, 0.2) is 0 Å². The zero-order valence-electron chi connectivity index (χ0n) is 11.3. The molecule has 16 heavy (non-hydrogen) atoms. The van der Waals surface area contributed by atoms with Gasteiger partial charge in [0.25, 0.3) is 0 Å². The van der Waals surface area contributed by atoms with Gasteiger partial charge in [0.2, 0.25) is 0 Å². The van der Waals surface area contributed by atoms with Crippen LogP contribution in [0.4, 0.5) is 0 Å². The van der Waals surface area contributed by atoms with Gasteiger partial charge < -0.3 is 5.73 Å². The Kier molecular flexibility index (Phi) is 4.55. The SMILES string of the molecule is Cc1ccc(CC(CN)C(C)C)c(C)c1C. The minimum atomic E-state index is 0.598. The van der Waals surface area contributed by atoms with Gasteiger partial charge in [0.05, 0.1) is 0 Å². The van der Waals surface area contributed by atoms with Crippen LogP contribution < -0.4 is 5.73 Å². The fourth-order valence-electron chi connectivity index (χ4n) is 2.11. The molecule has 1 heteroatoms. The molecule has 1 aromatic carbocycles. The van der Waals surface area contributed by atoms with Crippen molar-refractivity contribution in [1.82, 2.24) is 0 Å². The minimum Gasteiger partial charge on any atom is -0.330 e. The predicted octanol–water partition coefficient (Wildman–Crippen LogP) is 3.39. The van der Waals surface area contributed by atoms with Gasteiger partial charge >= 0.3 is 0 Å². The van der Waals surface area contributed by atoms with E-state index in [0.29, 0.717) is 11.8 Å². The van der Waals surface area contributed by atoms with Crippen LogP contribution in [0.5, 0.6) is 0 Å². The van der Waals surface area contributed by atoms with Crippen LogP contribution in [0.2, 0.25) is 0 Å². The highest BCUT2D eigenvalue weighted by Crippen LogP contribution is 2.22. The molecule has 1 aromatic rings. The Morgan fingerprint density at radius 3 is 2.19 bits per heavy atom. The Hall–Kier alpha value is -0.820. The molecule has 1 rings (SSSR count). The average molecular weight is 219 g/mol. The van der Waals surface area contributed by atoms with E-state index in [0.717, 1.165) is 13.0 Å². The lowest BCUT2D eigenvalue weighted by Gasteiger charge is -2.21. The summed E-state index contributed by atoms with van der Waals surface area (Å²) in [5, 5.41) is 0. The van der Waals surface area contributed by atoms with E-state index >= 15 is 0 Å². The van der Waals surface area contributed by atoms with Crippen molar-refractivity contribution >= 4 is 0 Å². The molecular formula is C15H25N. The lowest BCUT2D eigenvalue weighted by Crippen LogP contribution is -2.22. The van der Waals surface area contributed by atoms with Crippen molar-refractivity contribution in [1.29, 1.82) is 0 Å². The van der Waals surface area contributed by atoms with E-state index in [4.69, 9.17) is 5.73 Å². The second-order valence-electron chi connectivity index (χ2n) is 5.24. The molecule has 0 spiro atoms. The zero-order chi connectivity index (χ0) is 12.3. The summed E-state index contributed by atoms with van der Waals surface area (Å²) in [6.07, 6.45) is 1.11. The number of nitrogens with two attached hydrogens (primary N) is 1. The molecule has 0 aliphatic rings. The molecule has 0 radical (unpaired) electrons. The van der Waals surface area contributed by atoms with Crippen LogP contribution in [0.3, 0.4) is 0 Å². The normalized spacial score (nSPS) is 13.2. The Bertz CT molecular complexity index is 353. The van der Waals surface area contributed by atoms with Crippen molar-refractivity contribution in [2.24, 2.45) is 17.6 Å². The van der Waals surface area contributed by atoms with Crippen molar-refractivity contribution in [3.63, 3.8) is 0 Å². The van der Waals surface area contributed by atoms with Crippen molar-refractivity contribution in [2.45, 2.75) is 41.0 Å². The van der Waals surface area contributed by atoms with E-state index in [-0.39, 0.29) is 0 Å². The third-order valence-electron chi connectivity index (χ3n) is 3.90. The summed E-state index contributed by atoms with van der Waals surface area (Å²) in [6, 6.07) is 4.49. The van der Waals surface area contributed by atoms with E-state index in [9.17, 15) is 0 Å². The van der Waals surface area contributed by atoms with Gasteiger partial charge in [-0.2, -0.15) is 0 Å². The van der Waals surface area contributed by atoms with Gasteiger partial charge in [-0.15, -0.1) is 0 Å². The summed E-state index contributed by atoms with van der Waals surface area (Å²) >= 11 is 0. The van der Waals surface area contributed by atoms with Gasteiger partial charge in [-0.1, -0.05) is 26.0 Å². The first kappa shape index (κ1) is 13.2. The molecule has 0 amide bonds. The summed E-state index contributed by atoms with van der Waals surface area (Å²) in [6.45, 7) is 11.9. The van der Waals surface area contributed by atoms with E-state index < -0.39 is 0 Å². The number of hydrogen-bond donors (Lipinski definition) is 1. The first-order valence-electron chi connectivity index (χ1n) is 6.23. The van der Waals surface area contributed by atoms with E-state index in [1.165, 1.54) is 22.3 Å². The topological polar surface area (TPSA) is 26.0 Å². The fourth-order valence-corrected chi connectivity index (χ4v) is 2.11. The number of benzene rings is 1.